The zero-order valence-electron chi connectivity index (χ0n) is 10.5. The highest BCUT2D eigenvalue weighted by atomic mass is 32.2. The second kappa shape index (κ2) is 5.26. The molecule has 1 aliphatic heterocycles. The number of sulfonamides is 1. The van der Waals surface area contributed by atoms with E-state index in [9.17, 15) is 8.42 Å². The van der Waals surface area contributed by atoms with Crippen molar-refractivity contribution in [3.05, 3.63) is 24.3 Å². The molecule has 1 saturated heterocycles. The van der Waals surface area contributed by atoms with E-state index in [-0.39, 0.29) is 4.90 Å². The van der Waals surface area contributed by atoms with Crippen molar-refractivity contribution >= 4 is 15.7 Å². The van der Waals surface area contributed by atoms with Crippen LogP contribution in [0.3, 0.4) is 0 Å². The second-order valence-electron chi connectivity index (χ2n) is 4.84. The van der Waals surface area contributed by atoms with Gasteiger partial charge in [0.2, 0.25) is 0 Å². The normalized spacial score (nSPS) is 18.9. The molecule has 1 aromatic carbocycles. The fourth-order valence-electron chi connectivity index (χ4n) is 2.00. The number of hydrogen-bond acceptors (Lipinski definition) is 4. The third-order valence-electron chi connectivity index (χ3n) is 3.20. The molecule has 0 aromatic heterocycles. The predicted molar refractivity (Wildman–Crippen MR) is 71.1 cm³/mol. The van der Waals surface area contributed by atoms with Crippen molar-refractivity contribution in [2.75, 3.05) is 18.8 Å². The lowest BCUT2D eigenvalue weighted by Crippen LogP contribution is -2.46. The van der Waals surface area contributed by atoms with Crippen LogP contribution < -0.4 is 10.6 Å². The monoisotopic (exact) mass is 269 g/mol. The fraction of sp³-hybridized carbons (Fsp3) is 0.500. The molecule has 1 aromatic rings. The number of nitrogens with zero attached hydrogens (tertiary/aromatic N) is 1. The number of nitrogens with two attached hydrogens (primary N) is 1. The minimum atomic E-state index is -3.50. The standard InChI is InChI=1S/C12H19N3O2S/c1-10-5-7-15(8-6-10)14-18(16,17)12-4-2-3-11(13)9-12/h2-4,9-10,14H,5-8,13H2,1H3. The number of anilines is 1. The smallest absolute Gasteiger partial charge is 0.253 e. The zero-order valence-corrected chi connectivity index (χ0v) is 11.3. The Balaban J connectivity index is 2.08. The van der Waals surface area contributed by atoms with Crippen molar-refractivity contribution in [1.29, 1.82) is 0 Å². The summed E-state index contributed by atoms with van der Waals surface area (Å²) < 4.78 is 24.3. The van der Waals surface area contributed by atoms with E-state index in [0.717, 1.165) is 25.9 Å². The number of piperidine rings is 1. The predicted octanol–water partition coefficient (Wildman–Crippen LogP) is 1.19. The first-order valence-electron chi connectivity index (χ1n) is 6.10. The fourth-order valence-corrected chi connectivity index (χ4v) is 3.18. The maximum atomic E-state index is 12.1. The Morgan fingerprint density at radius 2 is 2.00 bits per heavy atom. The van der Waals surface area contributed by atoms with Crippen molar-refractivity contribution in [1.82, 2.24) is 9.84 Å². The summed E-state index contributed by atoms with van der Waals surface area (Å²) in [5.41, 5.74) is 6.05. The first kappa shape index (κ1) is 13.3. The van der Waals surface area contributed by atoms with Gasteiger partial charge in [0.25, 0.3) is 10.0 Å². The Kier molecular flexibility index (Phi) is 3.89. The molecule has 0 atom stereocenters. The molecular formula is C12H19N3O2S. The number of nitrogens with one attached hydrogen (secondary N) is 1. The molecule has 18 heavy (non-hydrogen) atoms. The first-order valence-corrected chi connectivity index (χ1v) is 7.58. The average Bonchev–Trinajstić information content (AvgIpc) is 2.32. The molecule has 3 N–H and O–H groups in total. The van der Waals surface area contributed by atoms with Crippen LogP contribution in [-0.2, 0) is 10.0 Å². The first-order chi connectivity index (χ1) is 8.47. The van der Waals surface area contributed by atoms with Crippen molar-refractivity contribution in [2.24, 2.45) is 5.92 Å². The number of hydrazine groups is 1. The third kappa shape index (κ3) is 3.22. The van der Waals surface area contributed by atoms with Gasteiger partial charge in [-0.25, -0.2) is 13.4 Å². The minimum absolute atomic E-state index is 0.209. The van der Waals surface area contributed by atoms with E-state index in [1.54, 1.807) is 23.2 Å². The summed E-state index contributed by atoms with van der Waals surface area (Å²) in [6.07, 6.45) is 2.03. The molecule has 1 fully saturated rings. The van der Waals surface area contributed by atoms with E-state index in [1.165, 1.54) is 6.07 Å². The summed E-state index contributed by atoms with van der Waals surface area (Å²) in [4.78, 5) is 2.82. The molecular weight excluding hydrogens is 250 g/mol. The van der Waals surface area contributed by atoms with Gasteiger partial charge in [0.1, 0.15) is 0 Å². The van der Waals surface area contributed by atoms with Crippen LogP contribution in [0.1, 0.15) is 19.8 Å². The maximum Gasteiger partial charge on any atom is 0.253 e. The SMILES string of the molecule is CC1CCN(NS(=O)(=O)c2cccc(N)c2)CC1. The summed E-state index contributed by atoms with van der Waals surface area (Å²) in [6.45, 7) is 3.69. The lowest BCUT2D eigenvalue weighted by Gasteiger charge is -2.30. The van der Waals surface area contributed by atoms with E-state index in [0.29, 0.717) is 11.6 Å². The van der Waals surface area contributed by atoms with Crippen molar-refractivity contribution in [3.63, 3.8) is 0 Å². The van der Waals surface area contributed by atoms with Gasteiger partial charge in [-0.2, -0.15) is 0 Å². The molecule has 0 amide bonds. The van der Waals surface area contributed by atoms with Gasteiger partial charge in [0.15, 0.2) is 0 Å². The highest BCUT2D eigenvalue weighted by Crippen LogP contribution is 2.17. The van der Waals surface area contributed by atoms with Gasteiger partial charge in [-0.05, 0) is 37.0 Å². The van der Waals surface area contributed by atoms with Crippen LogP contribution in [0.5, 0.6) is 0 Å². The lowest BCUT2D eigenvalue weighted by molar-refractivity contribution is 0.168. The molecule has 0 radical (unpaired) electrons. The van der Waals surface area contributed by atoms with E-state index < -0.39 is 10.0 Å². The van der Waals surface area contributed by atoms with E-state index in [4.69, 9.17) is 5.73 Å². The number of hydrogen-bond donors (Lipinski definition) is 2. The molecule has 6 heteroatoms. The van der Waals surface area contributed by atoms with Gasteiger partial charge >= 0.3 is 0 Å². The minimum Gasteiger partial charge on any atom is -0.399 e. The summed E-state index contributed by atoms with van der Waals surface area (Å²) in [6, 6.07) is 6.32. The van der Waals surface area contributed by atoms with E-state index in [1.807, 2.05) is 0 Å². The topological polar surface area (TPSA) is 75.4 Å². The number of nitrogen functional groups attached to an aromatic ring is 1. The lowest BCUT2D eigenvalue weighted by atomic mass is 10.0. The Morgan fingerprint density at radius 3 is 2.61 bits per heavy atom. The molecule has 100 valence electrons. The number of rotatable bonds is 3. The van der Waals surface area contributed by atoms with Gasteiger partial charge in [0.05, 0.1) is 4.90 Å². The molecule has 0 bridgehead atoms. The highest BCUT2D eigenvalue weighted by molar-refractivity contribution is 7.89. The van der Waals surface area contributed by atoms with Gasteiger partial charge in [-0.1, -0.05) is 13.0 Å². The quantitative estimate of drug-likeness (QED) is 0.808. The van der Waals surface area contributed by atoms with E-state index in [2.05, 4.69) is 11.8 Å². The molecule has 2 rings (SSSR count). The Labute approximate surface area is 108 Å². The van der Waals surface area contributed by atoms with Crippen LogP contribution in [0.25, 0.3) is 0 Å². The van der Waals surface area contributed by atoms with Crippen LogP contribution in [0.4, 0.5) is 5.69 Å². The van der Waals surface area contributed by atoms with Crippen LogP contribution in [-0.4, -0.2) is 26.5 Å². The Morgan fingerprint density at radius 1 is 1.33 bits per heavy atom. The third-order valence-corrected chi connectivity index (χ3v) is 4.57. The van der Waals surface area contributed by atoms with Gasteiger partial charge in [-0.3, -0.25) is 0 Å². The van der Waals surface area contributed by atoms with Crippen molar-refractivity contribution in [3.8, 4) is 0 Å². The van der Waals surface area contributed by atoms with Crippen LogP contribution in [0, 0.1) is 5.92 Å². The van der Waals surface area contributed by atoms with Crippen LogP contribution in [0.2, 0.25) is 0 Å². The summed E-state index contributed by atoms with van der Waals surface area (Å²) >= 11 is 0. The molecule has 5 nitrogen and oxygen atoms in total. The molecule has 0 unspecified atom stereocenters. The van der Waals surface area contributed by atoms with Crippen LogP contribution >= 0.6 is 0 Å². The van der Waals surface area contributed by atoms with Gasteiger partial charge in [0, 0.05) is 18.8 Å². The molecule has 0 spiro atoms. The van der Waals surface area contributed by atoms with Gasteiger partial charge in [-0.15, -0.1) is 4.83 Å². The molecule has 0 saturated carbocycles. The van der Waals surface area contributed by atoms with Crippen molar-refractivity contribution < 1.29 is 8.42 Å². The van der Waals surface area contributed by atoms with Gasteiger partial charge < -0.3 is 5.73 Å². The maximum absolute atomic E-state index is 12.1. The average molecular weight is 269 g/mol. The zero-order chi connectivity index (χ0) is 13.2. The molecule has 0 aliphatic carbocycles. The Hall–Kier alpha value is -1.11. The van der Waals surface area contributed by atoms with Crippen molar-refractivity contribution in [2.45, 2.75) is 24.7 Å². The highest BCUT2D eigenvalue weighted by Gasteiger charge is 2.22. The molecule has 1 aliphatic rings. The second-order valence-corrected chi connectivity index (χ2v) is 6.50. The summed E-state index contributed by atoms with van der Waals surface area (Å²) in [7, 11) is -3.50. The summed E-state index contributed by atoms with van der Waals surface area (Å²) in [5, 5.41) is 1.76. The van der Waals surface area contributed by atoms with E-state index >= 15 is 0 Å². The molecule has 1 heterocycles. The number of benzene rings is 1. The van der Waals surface area contributed by atoms with Crippen LogP contribution in [0.15, 0.2) is 29.2 Å². The summed E-state index contributed by atoms with van der Waals surface area (Å²) in [5.74, 6) is 0.665. The Bertz CT molecular complexity index is 508. The largest absolute Gasteiger partial charge is 0.399 e.